The predicted molar refractivity (Wildman–Crippen MR) is 104 cm³/mol. The number of nitrogens with one attached hydrogen (secondary N) is 1. The molecule has 0 spiro atoms. The molecule has 0 unspecified atom stereocenters. The molecular formula is C20H16ClN3OS. The van der Waals surface area contributed by atoms with Gasteiger partial charge in [-0.1, -0.05) is 35.9 Å². The monoisotopic (exact) mass is 381 g/mol. The predicted octanol–water partition coefficient (Wildman–Crippen LogP) is 4.63. The van der Waals surface area contributed by atoms with Crippen molar-refractivity contribution in [2.75, 3.05) is 5.32 Å². The highest BCUT2D eigenvalue weighted by atomic mass is 35.5. The van der Waals surface area contributed by atoms with Crippen LogP contribution in [0.3, 0.4) is 0 Å². The molecule has 4 nitrogen and oxygen atoms in total. The Bertz CT molecular complexity index is 944. The summed E-state index contributed by atoms with van der Waals surface area (Å²) in [6.45, 7) is 0. The Balaban J connectivity index is 1.56. The average Bonchev–Trinajstić information content (AvgIpc) is 3.03. The maximum Gasteiger partial charge on any atom is 0.230 e. The van der Waals surface area contributed by atoms with Crippen molar-refractivity contribution in [2.24, 2.45) is 0 Å². The molecule has 2 aromatic carbocycles. The Labute approximate surface area is 161 Å². The minimum absolute atomic E-state index is 0.113. The van der Waals surface area contributed by atoms with Gasteiger partial charge in [0.2, 0.25) is 5.91 Å². The van der Waals surface area contributed by atoms with Gasteiger partial charge in [-0.25, -0.2) is 4.98 Å². The molecule has 1 amide bonds. The highest BCUT2D eigenvalue weighted by Crippen LogP contribution is 2.18. The number of thiazole rings is 1. The molecule has 0 fully saturated rings. The van der Waals surface area contributed by atoms with Crippen molar-refractivity contribution in [2.45, 2.75) is 19.3 Å². The topological polar surface area (TPSA) is 65.8 Å². The number of benzene rings is 2. The van der Waals surface area contributed by atoms with E-state index in [-0.39, 0.29) is 12.3 Å². The fourth-order valence-electron chi connectivity index (χ4n) is 2.50. The summed E-state index contributed by atoms with van der Waals surface area (Å²) in [4.78, 5) is 16.7. The summed E-state index contributed by atoms with van der Waals surface area (Å²) in [6, 6.07) is 17.1. The van der Waals surface area contributed by atoms with Crippen LogP contribution >= 0.6 is 22.9 Å². The first-order valence-electron chi connectivity index (χ1n) is 8.06. The zero-order valence-electron chi connectivity index (χ0n) is 13.9. The Kier molecular flexibility index (Phi) is 6.00. The number of nitrogens with zero attached hydrogens (tertiary/aromatic N) is 2. The van der Waals surface area contributed by atoms with E-state index in [1.165, 1.54) is 0 Å². The van der Waals surface area contributed by atoms with Gasteiger partial charge >= 0.3 is 0 Å². The average molecular weight is 382 g/mol. The lowest BCUT2D eigenvalue weighted by Crippen LogP contribution is -2.14. The van der Waals surface area contributed by atoms with Gasteiger partial charge in [-0.3, -0.25) is 4.79 Å². The summed E-state index contributed by atoms with van der Waals surface area (Å²) >= 11 is 7.54. The molecule has 3 rings (SSSR count). The molecule has 6 heteroatoms. The van der Waals surface area contributed by atoms with Crippen LogP contribution in [0.15, 0.2) is 53.9 Å². The Hall–Kier alpha value is -2.68. The lowest BCUT2D eigenvalue weighted by molar-refractivity contribution is -0.115. The SMILES string of the molecule is N#CCc1ccc(NC(=O)Cc2csc(Cc3cccc(Cl)c3)n2)cc1. The molecule has 0 aliphatic carbocycles. The normalized spacial score (nSPS) is 10.3. The molecule has 0 saturated heterocycles. The highest BCUT2D eigenvalue weighted by Gasteiger charge is 2.09. The lowest BCUT2D eigenvalue weighted by Gasteiger charge is -2.04. The van der Waals surface area contributed by atoms with Gasteiger partial charge in [-0.2, -0.15) is 5.26 Å². The van der Waals surface area contributed by atoms with E-state index in [2.05, 4.69) is 16.4 Å². The van der Waals surface area contributed by atoms with Crippen LogP contribution < -0.4 is 5.32 Å². The number of nitriles is 1. The molecule has 1 N–H and O–H groups in total. The maximum absolute atomic E-state index is 12.2. The van der Waals surface area contributed by atoms with E-state index < -0.39 is 0 Å². The third-order valence-corrected chi connectivity index (χ3v) is 4.84. The van der Waals surface area contributed by atoms with E-state index in [4.69, 9.17) is 16.9 Å². The molecule has 0 atom stereocenters. The van der Waals surface area contributed by atoms with Gasteiger partial charge in [0.1, 0.15) is 0 Å². The van der Waals surface area contributed by atoms with Crippen LogP contribution in [-0.2, 0) is 24.1 Å². The fourth-order valence-corrected chi connectivity index (χ4v) is 3.54. The van der Waals surface area contributed by atoms with Gasteiger partial charge in [0.05, 0.1) is 29.6 Å². The zero-order valence-corrected chi connectivity index (χ0v) is 15.5. The van der Waals surface area contributed by atoms with Crippen molar-refractivity contribution in [3.8, 4) is 6.07 Å². The molecular weight excluding hydrogens is 366 g/mol. The van der Waals surface area contributed by atoms with Gasteiger partial charge < -0.3 is 5.32 Å². The van der Waals surface area contributed by atoms with Crippen LogP contribution in [0, 0.1) is 11.3 Å². The van der Waals surface area contributed by atoms with Crippen LogP contribution in [0.25, 0.3) is 0 Å². The summed E-state index contributed by atoms with van der Waals surface area (Å²) < 4.78 is 0. The van der Waals surface area contributed by atoms with E-state index in [0.717, 1.165) is 21.8 Å². The van der Waals surface area contributed by atoms with Crippen LogP contribution in [0.4, 0.5) is 5.69 Å². The van der Waals surface area contributed by atoms with Crippen molar-refractivity contribution in [3.63, 3.8) is 0 Å². The second kappa shape index (κ2) is 8.61. The third-order valence-electron chi connectivity index (χ3n) is 3.71. The number of anilines is 1. The second-order valence-electron chi connectivity index (χ2n) is 5.80. The van der Waals surface area contributed by atoms with E-state index >= 15 is 0 Å². The van der Waals surface area contributed by atoms with E-state index in [9.17, 15) is 4.79 Å². The van der Waals surface area contributed by atoms with Crippen LogP contribution in [0.2, 0.25) is 5.02 Å². The van der Waals surface area contributed by atoms with Crippen molar-refractivity contribution < 1.29 is 4.79 Å². The number of carbonyl (C=O) groups is 1. The quantitative estimate of drug-likeness (QED) is 0.676. The first-order chi connectivity index (χ1) is 12.6. The number of hydrogen-bond acceptors (Lipinski definition) is 4. The van der Waals surface area contributed by atoms with Gasteiger partial charge in [0.25, 0.3) is 0 Å². The number of carbonyl (C=O) groups excluding carboxylic acids is 1. The summed E-state index contributed by atoms with van der Waals surface area (Å²) in [6.07, 6.45) is 1.29. The standard InChI is InChI=1S/C20H16ClN3OS/c21-16-3-1-2-15(10-16)11-20-24-18(13-26-20)12-19(25)23-17-6-4-14(5-7-17)8-9-22/h1-7,10,13H,8,11-12H2,(H,23,25). The molecule has 1 heterocycles. The Morgan fingerprint density at radius 3 is 2.73 bits per heavy atom. The molecule has 0 aliphatic heterocycles. The number of halogens is 1. The third kappa shape index (κ3) is 5.16. The van der Waals surface area contributed by atoms with Crippen LogP contribution in [-0.4, -0.2) is 10.9 Å². The minimum Gasteiger partial charge on any atom is -0.326 e. The Morgan fingerprint density at radius 1 is 1.19 bits per heavy atom. The molecule has 26 heavy (non-hydrogen) atoms. The molecule has 0 bridgehead atoms. The first kappa shape index (κ1) is 18.1. The number of aromatic nitrogens is 1. The van der Waals surface area contributed by atoms with Crippen molar-refractivity contribution >= 4 is 34.5 Å². The van der Waals surface area contributed by atoms with Gasteiger partial charge in [-0.15, -0.1) is 11.3 Å². The number of rotatable bonds is 6. The largest absolute Gasteiger partial charge is 0.326 e. The number of hydrogen-bond donors (Lipinski definition) is 1. The summed E-state index contributed by atoms with van der Waals surface area (Å²) in [5.74, 6) is -0.113. The molecule has 130 valence electrons. The van der Waals surface area contributed by atoms with E-state index in [0.29, 0.717) is 23.6 Å². The molecule has 0 aliphatic rings. The molecule has 0 saturated carbocycles. The Morgan fingerprint density at radius 2 is 2.00 bits per heavy atom. The summed E-state index contributed by atoms with van der Waals surface area (Å²) in [7, 11) is 0. The van der Waals surface area contributed by atoms with Gasteiger partial charge in [0, 0.05) is 22.5 Å². The number of amides is 1. The first-order valence-corrected chi connectivity index (χ1v) is 9.31. The van der Waals surface area contributed by atoms with Crippen LogP contribution in [0.1, 0.15) is 21.8 Å². The highest BCUT2D eigenvalue weighted by molar-refractivity contribution is 7.09. The second-order valence-corrected chi connectivity index (χ2v) is 7.18. The van der Waals surface area contributed by atoms with Crippen molar-refractivity contribution in [1.29, 1.82) is 5.26 Å². The zero-order chi connectivity index (χ0) is 18.4. The lowest BCUT2D eigenvalue weighted by atomic mass is 10.1. The molecule has 0 radical (unpaired) electrons. The van der Waals surface area contributed by atoms with Crippen LogP contribution in [0.5, 0.6) is 0 Å². The molecule has 3 aromatic rings. The van der Waals surface area contributed by atoms with Crippen molar-refractivity contribution in [1.82, 2.24) is 4.98 Å². The summed E-state index contributed by atoms with van der Waals surface area (Å²) in [5, 5.41) is 15.1. The van der Waals surface area contributed by atoms with Gasteiger partial charge in [0.15, 0.2) is 0 Å². The maximum atomic E-state index is 12.2. The van der Waals surface area contributed by atoms with Gasteiger partial charge in [-0.05, 0) is 35.4 Å². The minimum atomic E-state index is -0.113. The van der Waals surface area contributed by atoms with E-state index in [1.54, 1.807) is 23.5 Å². The van der Waals surface area contributed by atoms with E-state index in [1.807, 2.05) is 41.8 Å². The van der Waals surface area contributed by atoms with Crippen molar-refractivity contribution in [3.05, 3.63) is 80.8 Å². The smallest absolute Gasteiger partial charge is 0.230 e. The molecule has 1 aromatic heterocycles. The summed E-state index contributed by atoms with van der Waals surface area (Å²) in [5.41, 5.74) is 3.49. The fraction of sp³-hybridized carbons (Fsp3) is 0.150.